The fourth-order valence-corrected chi connectivity index (χ4v) is 0.329. The van der Waals surface area contributed by atoms with E-state index in [1.807, 2.05) is 0 Å². The fraction of sp³-hybridized carbons (Fsp3) is 1.00. The third-order valence-corrected chi connectivity index (χ3v) is 0.642. The monoisotopic (exact) mass is 329 g/mol. The molecule has 0 aliphatic rings. The zero-order chi connectivity index (χ0) is 5.54. The van der Waals surface area contributed by atoms with Crippen molar-refractivity contribution in [3.8, 4) is 0 Å². The molecule has 4 radical (unpaired) electrons. The molecule has 0 bridgehead atoms. The van der Waals surface area contributed by atoms with Crippen LogP contribution in [-0.2, 0) is 27.3 Å². The molecule has 6 heteroatoms. The molecule has 0 amide bonds. The van der Waals surface area contributed by atoms with E-state index in [1.165, 1.54) is 0 Å². The van der Waals surface area contributed by atoms with Gasteiger partial charge < -0.3 is 16.8 Å². The molecule has 0 unspecified atom stereocenters. The molecule has 3 nitrogen and oxygen atoms in total. The van der Waals surface area contributed by atoms with Crippen molar-refractivity contribution in [3.63, 3.8) is 0 Å². The third kappa shape index (κ3) is 22.6. The summed E-state index contributed by atoms with van der Waals surface area (Å²) in [6.45, 7) is 3.13. The molecule has 0 spiro atoms. The van der Waals surface area contributed by atoms with Gasteiger partial charge in [-0.1, -0.05) is 0 Å². The van der Waals surface area contributed by atoms with Crippen molar-refractivity contribution in [3.05, 3.63) is 0 Å². The number of nitrogens with two attached hydrogens (primary N) is 2. The maximum atomic E-state index is 5.17. The molecule has 0 saturated carbocycles. The van der Waals surface area contributed by atoms with Crippen molar-refractivity contribution in [2.24, 2.45) is 11.5 Å². The van der Waals surface area contributed by atoms with Gasteiger partial charge in [0.05, 0.1) is 0 Å². The van der Waals surface area contributed by atoms with Crippen molar-refractivity contribution >= 4 is 30.6 Å². The molecule has 10 heavy (non-hydrogen) atoms. The smallest absolute Gasteiger partial charge is 0.00750 e. The van der Waals surface area contributed by atoms with E-state index in [4.69, 9.17) is 11.5 Å². The first-order valence-electron chi connectivity index (χ1n) is 2.52. The van der Waals surface area contributed by atoms with Crippen LogP contribution in [0.5, 0.6) is 0 Å². The van der Waals surface area contributed by atoms with Crippen LogP contribution in [0.25, 0.3) is 0 Å². The largest absolute Gasteiger partial charge is 0.329 e. The average molecular weight is 327 g/mol. The molecule has 0 atom stereocenters. The van der Waals surface area contributed by atoms with Gasteiger partial charge in [0, 0.05) is 84.0 Å². The first kappa shape index (κ1) is 22.6. The Morgan fingerprint density at radius 1 is 1.00 bits per heavy atom. The molecule has 0 aliphatic heterocycles. The van der Waals surface area contributed by atoms with E-state index in [2.05, 4.69) is 5.32 Å². The van der Waals surface area contributed by atoms with E-state index >= 15 is 0 Å². The van der Waals surface area contributed by atoms with Crippen LogP contribution in [0.4, 0.5) is 0 Å². The van der Waals surface area contributed by atoms with Crippen LogP contribution >= 0.6 is 13.5 Å². The van der Waals surface area contributed by atoms with Crippen molar-refractivity contribution in [2.75, 3.05) is 26.2 Å². The molecule has 0 aromatic carbocycles. The molecule has 0 aromatic heterocycles. The van der Waals surface area contributed by atoms with Crippen LogP contribution in [-0.4, -0.2) is 43.2 Å². The standard InChI is InChI=1S/C4H13N3.Cd.S.Se/c5-1-3-7-4-2-6;;;/h7H,1-6H2;;;. The van der Waals surface area contributed by atoms with Crippen LogP contribution in [0.15, 0.2) is 0 Å². The fourth-order valence-electron chi connectivity index (χ4n) is 0.329. The maximum absolute atomic E-state index is 5.17. The van der Waals surface area contributed by atoms with Crippen molar-refractivity contribution in [1.29, 1.82) is 0 Å². The predicted octanol–water partition coefficient (Wildman–Crippen LogP) is -1.24. The molecular formula is C4H13CdN3SSe. The molecule has 0 saturated heterocycles. The number of nitrogens with one attached hydrogen (secondary N) is 1. The summed E-state index contributed by atoms with van der Waals surface area (Å²) >= 11 is 0. The summed E-state index contributed by atoms with van der Waals surface area (Å²) in [5.74, 6) is 0. The van der Waals surface area contributed by atoms with Crippen molar-refractivity contribution in [1.82, 2.24) is 5.32 Å². The Labute approximate surface area is 100 Å². The first-order valence-corrected chi connectivity index (χ1v) is 2.52. The Bertz CT molecular complexity index is 39.7. The summed E-state index contributed by atoms with van der Waals surface area (Å²) in [5.41, 5.74) is 10.3. The summed E-state index contributed by atoms with van der Waals surface area (Å²) in [7, 11) is 0. The van der Waals surface area contributed by atoms with E-state index in [0.29, 0.717) is 13.1 Å². The number of rotatable bonds is 4. The quantitative estimate of drug-likeness (QED) is 0.447. The van der Waals surface area contributed by atoms with Crippen LogP contribution < -0.4 is 16.8 Å². The molecule has 58 valence electrons. The third-order valence-electron chi connectivity index (χ3n) is 0.642. The number of hydrogen-bond donors (Lipinski definition) is 3. The molecule has 0 aromatic rings. The zero-order valence-corrected chi connectivity index (χ0v) is 12.6. The SMILES string of the molecule is NCCNCCN.[Cd].[S].[Se]. The summed E-state index contributed by atoms with van der Waals surface area (Å²) in [6.07, 6.45) is 0. The van der Waals surface area contributed by atoms with Gasteiger partial charge in [-0.2, -0.15) is 0 Å². The van der Waals surface area contributed by atoms with Gasteiger partial charge in [-0.05, 0) is 0 Å². The molecule has 5 N–H and O–H groups in total. The topological polar surface area (TPSA) is 64.1 Å². The van der Waals surface area contributed by atoms with Gasteiger partial charge in [0.1, 0.15) is 0 Å². The second kappa shape index (κ2) is 22.4. The Morgan fingerprint density at radius 2 is 1.30 bits per heavy atom. The van der Waals surface area contributed by atoms with Gasteiger partial charge >= 0.3 is 0 Å². The minimum atomic E-state index is 0. The minimum absolute atomic E-state index is 0. The van der Waals surface area contributed by atoms with Gasteiger partial charge in [0.2, 0.25) is 0 Å². The van der Waals surface area contributed by atoms with Crippen LogP contribution in [0.2, 0.25) is 0 Å². The Hall–Kier alpha value is 1.67. The summed E-state index contributed by atoms with van der Waals surface area (Å²) in [6, 6.07) is 0. The van der Waals surface area contributed by atoms with E-state index in [-0.39, 0.29) is 57.9 Å². The molecule has 0 rings (SSSR count). The Morgan fingerprint density at radius 3 is 1.50 bits per heavy atom. The minimum Gasteiger partial charge on any atom is -0.329 e. The summed E-state index contributed by atoms with van der Waals surface area (Å²) in [4.78, 5) is 0. The van der Waals surface area contributed by atoms with Gasteiger partial charge in [-0.25, -0.2) is 0 Å². The molecule has 0 aliphatic carbocycles. The van der Waals surface area contributed by atoms with Crippen LogP contribution in [0, 0.1) is 0 Å². The number of hydrogen-bond acceptors (Lipinski definition) is 3. The van der Waals surface area contributed by atoms with Gasteiger partial charge in [0.15, 0.2) is 0 Å². The van der Waals surface area contributed by atoms with Crippen LogP contribution in [0.1, 0.15) is 0 Å². The van der Waals surface area contributed by atoms with Gasteiger partial charge in [-0.3, -0.25) is 0 Å². The second-order valence-corrected chi connectivity index (χ2v) is 1.33. The maximum Gasteiger partial charge on any atom is 0.00750 e. The van der Waals surface area contributed by atoms with E-state index in [1.54, 1.807) is 0 Å². The van der Waals surface area contributed by atoms with Crippen LogP contribution in [0.3, 0.4) is 0 Å². The second-order valence-electron chi connectivity index (χ2n) is 1.33. The van der Waals surface area contributed by atoms with E-state index < -0.39 is 0 Å². The summed E-state index contributed by atoms with van der Waals surface area (Å²) in [5, 5.41) is 3.03. The van der Waals surface area contributed by atoms with Crippen molar-refractivity contribution in [2.45, 2.75) is 0 Å². The molecule has 0 fully saturated rings. The Balaban J connectivity index is -0.0000000600. The summed E-state index contributed by atoms with van der Waals surface area (Å²) < 4.78 is 0. The zero-order valence-electron chi connectivity index (χ0n) is 6.01. The van der Waals surface area contributed by atoms with Gasteiger partial charge in [-0.15, -0.1) is 0 Å². The van der Waals surface area contributed by atoms with E-state index in [9.17, 15) is 0 Å². The normalized spacial score (nSPS) is 6.60. The van der Waals surface area contributed by atoms with Gasteiger partial charge in [0.25, 0.3) is 0 Å². The van der Waals surface area contributed by atoms with E-state index in [0.717, 1.165) is 13.1 Å². The predicted molar refractivity (Wildman–Crippen MR) is 44.3 cm³/mol. The van der Waals surface area contributed by atoms with Crippen molar-refractivity contribution < 1.29 is 27.3 Å². The molecular weight excluding hydrogens is 314 g/mol. The first-order chi connectivity index (χ1) is 3.41. The molecule has 0 heterocycles. The average Bonchev–Trinajstić information content (AvgIpc) is 1.69. The Kier molecular flexibility index (Phi) is 50.7.